The molecule has 2 N–H and O–H groups in total. The summed E-state index contributed by atoms with van der Waals surface area (Å²) in [6, 6.07) is 15.4. The van der Waals surface area contributed by atoms with Gasteiger partial charge in [0, 0.05) is 86.3 Å². The van der Waals surface area contributed by atoms with E-state index in [4.69, 9.17) is 0 Å². The van der Waals surface area contributed by atoms with Gasteiger partial charge in [0.25, 0.3) is 5.91 Å². The zero-order valence-electron chi connectivity index (χ0n) is 22.2. The number of aromatic amines is 1. The molecule has 9 heteroatoms. The third-order valence-corrected chi connectivity index (χ3v) is 8.08. The average molecular weight is 548 g/mol. The summed E-state index contributed by atoms with van der Waals surface area (Å²) in [6.45, 7) is 4.84. The molecule has 6 nitrogen and oxygen atoms in total. The largest absolute Gasteiger partial charge is 0.416 e. The molecule has 0 atom stereocenters. The SMILES string of the molecule is O=C(NC1CCN(Cc2ccncc2)CC1)c1ccc2[nH]c3c(c2c1)CN(Cc1ccc(C(F)(F)F)cc1)CC3. The number of pyridine rings is 1. The van der Waals surface area contributed by atoms with Gasteiger partial charge in [0.05, 0.1) is 5.56 Å². The number of likely N-dealkylation sites (tertiary alicyclic amines) is 1. The van der Waals surface area contributed by atoms with Gasteiger partial charge < -0.3 is 10.3 Å². The molecule has 0 radical (unpaired) electrons. The molecule has 2 aliphatic rings. The molecule has 208 valence electrons. The molecular formula is C31H32F3N5O. The third kappa shape index (κ3) is 5.90. The molecule has 4 aromatic rings. The number of hydrogen-bond donors (Lipinski definition) is 2. The van der Waals surface area contributed by atoms with Crippen LogP contribution in [0.3, 0.4) is 0 Å². The Morgan fingerprint density at radius 1 is 0.925 bits per heavy atom. The summed E-state index contributed by atoms with van der Waals surface area (Å²) < 4.78 is 38.8. The average Bonchev–Trinajstić information content (AvgIpc) is 3.32. The number of halogens is 3. The number of hydrogen-bond acceptors (Lipinski definition) is 4. The summed E-state index contributed by atoms with van der Waals surface area (Å²) in [5.74, 6) is -0.0538. The van der Waals surface area contributed by atoms with Crippen LogP contribution in [0.5, 0.6) is 0 Å². The zero-order chi connectivity index (χ0) is 27.7. The molecule has 1 saturated heterocycles. The number of amides is 1. The van der Waals surface area contributed by atoms with E-state index in [1.165, 1.54) is 5.56 Å². The van der Waals surface area contributed by atoms with Crippen molar-refractivity contribution in [2.75, 3.05) is 19.6 Å². The van der Waals surface area contributed by atoms with Crippen molar-refractivity contribution in [1.82, 2.24) is 25.1 Å². The van der Waals surface area contributed by atoms with Crippen LogP contribution in [0.4, 0.5) is 13.2 Å². The number of nitrogens with one attached hydrogen (secondary N) is 2. The van der Waals surface area contributed by atoms with E-state index in [-0.39, 0.29) is 11.9 Å². The molecule has 1 amide bonds. The van der Waals surface area contributed by atoms with E-state index >= 15 is 0 Å². The molecule has 0 aliphatic carbocycles. The summed E-state index contributed by atoms with van der Waals surface area (Å²) in [7, 11) is 0. The van der Waals surface area contributed by atoms with Crippen molar-refractivity contribution < 1.29 is 18.0 Å². The molecule has 0 saturated carbocycles. The summed E-state index contributed by atoms with van der Waals surface area (Å²) in [5.41, 5.74) is 5.44. The van der Waals surface area contributed by atoms with Gasteiger partial charge in [-0.15, -0.1) is 0 Å². The Balaban J connectivity index is 1.08. The third-order valence-electron chi connectivity index (χ3n) is 8.08. The fourth-order valence-electron chi connectivity index (χ4n) is 5.85. The predicted octanol–water partition coefficient (Wildman–Crippen LogP) is 5.53. The minimum atomic E-state index is -4.33. The highest BCUT2D eigenvalue weighted by Crippen LogP contribution is 2.31. The van der Waals surface area contributed by atoms with Gasteiger partial charge in [-0.25, -0.2) is 0 Å². The Morgan fingerprint density at radius 2 is 1.62 bits per heavy atom. The maximum absolute atomic E-state index is 13.2. The van der Waals surface area contributed by atoms with E-state index < -0.39 is 11.7 Å². The highest BCUT2D eigenvalue weighted by molar-refractivity contribution is 5.99. The fraction of sp³-hybridized carbons (Fsp3) is 0.355. The van der Waals surface area contributed by atoms with E-state index in [0.717, 1.165) is 85.3 Å². The monoisotopic (exact) mass is 547 g/mol. The van der Waals surface area contributed by atoms with Crippen LogP contribution in [0.15, 0.2) is 67.0 Å². The number of aromatic nitrogens is 2. The van der Waals surface area contributed by atoms with Crippen LogP contribution in [0.25, 0.3) is 10.9 Å². The lowest BCUT2D eigenvalue weighted by molar-refractivity contribution is -0.137. The van der Waals surface area contributed by atoms with E-state index in [0.29, 0.717) is 18.7 Å². The minimum Gasteiger partial charge on any atom is -0.358 e. The molecule has 0 unspecified atom stereocenters. The first-order valence-corrected chi connectivity index (χ1v) is 13.8. The highest BCUT2D eigenvalue weighted by Gasteiger charge is 2.30. The summed E-state index contributed by atoms with van der Waals surface area (Å²) in [5, 5.41) is 4.27. The van der Waals surface area contributed by atoms with Crippen molar-refractivity contribution in [3.8, 4) is 0 Å². The van der Waals surface area contributed by atoms with E-state index in [1.54, 1.807) is 12.1 Å². The number of benzene rings is 2. The van der Waals surface area contributed by atoms with E-state index in [9.17, 15) is 18.0 Å². The van der Waals surface area contributed by atoms with Gasteiger partial charge in [0.2, 0.25) is 0 Å². The fourth-order valence-corrected chi connectivity index (χ4v) is 5.85. The van der Waals surface area contributed by atoms with Gasteiger partial charge in [-0.05, 0) is 72.0 Å². The summed E-state index contributed by atoms with van der Waals surface area (Å²) in [4.78, 5) is 25.4. The highest BCUT2D eigenvalue weighted by atomic mass is 19.4. The minimum absolute atomic E-state index is 0.0538. The second-order valence-electron chi connectivity index (χ2n) is 10.9. The van der Waals surface area contributed by atoms with Crippen molar-refractivity contribution in [2.24, 2.45) is 0 Å². The predicted molar refractivity (Wildman–Crippen MR) is 148 cm³/mol. The first kappa shape index (κ1) is 26.5. The number of H-pyrrole nitrogens is 1. The molecule has 2 aliphatic heterocycles. The maximum Gasteiger partial charge on any atom is 0.416 e. The molecule has 1 fully saturated rings. The Labute approximate surface area is 231 Å². The van der Waals surface area contributed by atoms with Crippen molar-refractivity contribution >= 4 is 16.8 Å². The second kappa shape index (κ2) is 11.1. The standard InChI is InChI=1S/C31H32F3N5O/c32-31(33,34)24-4-1-21(2-5-24)19-39-16-11-29-27(20-39)26-17-23(3-6-28(26)37-29)30(40)36-25-9-14-38(15-10-25)18-22-7-12-35-13-8-22/h1-8,12-13,17,25,37H,9-11,14-16,18-20H2,(H,36,40). The van der Waals surface area contributed by atoms with Crippen LogP contribution in [0.1, 0.15) is 51.1 Å². The lowest BCUT2D eigenvalue weighted by Gasteiger charge is -2.32. The topological polar surface area (TPSA) is 64.3 Å². The van der Waals surface area contributed by atoms with Crippen molar-refractivity contribution in [3.05, 3.63) is 101 Å². The molecule has 40 heavy (non-hydrogen) atoms. The van der Waals surface area contributed by atoms with Crippen molar-refractivity contribution in [3.63, 3.8) is 0 Å². The van der Waals surface area contributed by atoms with Crippen LogP contribution in [-0.4, -0.2) is 51.4 Å². The molecule has 6 rings (SSSR count). The van der Waals surface area contributed by atoms with Gasteiger partial charge in [0.15, 0.2) is 0 Å². The van der Waals surface area contributed by atoms with Gasteiger partial charge in [0.1, 0.15) is 0 Å². The number of nitrogens with zero attached hydrogens (tertiary/aromatic N) is 3. The van der Waals surface area contributed by atoms with Crippen molar-refractivity contribution in [2.45, 2.75) is 51.1 Å². The van der Waals surface area contributed by atoms with Crippen LogP contribution in [-0.2, 0) is 32.2 Å². The molecule has 0 spiro atoms. The maximum atomic E-state index is 13.2. The van der Waals surface area contributed by atoms with Gasteiger partial charge in [-0.3, -0.25) is 19.6 Å². The number of carbonyl (C=O) groups excluding carboxylic acids is 1. The van der Waals surface area contributed by atoms with E-state index in [2.05, 4.69) is 25.1 Å². The number of alkyl halides is 3. The lowest BCUT2D eigenvalue weighted by atomic mass is 10.0. The van der Waals surface area contributed by atoms with Crippen LogP contribution in [0, 0.1) is 0 Å². The molecular weight excluding hydrogens is 515 g/mol. The smallest absolute Gasteiger partial charge is 0.358 e. The van der Waals surface area contributed by atoms with Crippen molar-refractivity contribution in [1.29, 1.82) is 0 Å². The number of carbonyl (C=O) groups is 1. The Kier molecular flexibility index (Phi) is 7.33. The Hall–Kier alpha value is -3.69. The van der Waals surface area contributed by atoms with Crippen LogP contribution >= 0.6 is 0 Å². The number of piperidine rings is 1. The Bertz CT molecular complexity index is 1470. The summed E-state index contributed by atoms with van der Waals surface area (Å²) in [6.07, 6.45) is 1.96. The normalized spacial score (nSPS) is 17.2. The Morgan fingerprint density at radius 3 is 2.35 bits per heavy atom. The number of fused-ring (bicyclic) bond motifs is 3. The quantitative estimate of drug-likeness (QED) is 0.333. The lowest BCUT2D eigenvalue weighted by Crippen LogP contribution is -2.44. The van der Waals surface area contributed by atoms with Gasteiger partial charge in [-0.1, -0.05) is 12.1 Å². The van der Waals surface area contributed by atoms with Crippen LogP contribution < -0.4 is 5.32 Å². The molecule has 2 aromatic carbocycles. The van der Waals surface area contributed by atoms with Gasteiger partial charge in [-0.2, -0.15) is 13.2 Å². The molecule has 2 aromatic heterocycles. The van der Waals surface area contributed by atoms with Crippen LogP contribution in [0.2, 0.25) is 0 Å². The zero-order valence-corrected chi connectivity index (χ0v) is 22.2. The molecule has 4 heterocycles. The first-order chi connectivity index (χ1) is 19.3. The second-order valence-corrected chi connectivity index (χ2v) is 10.9. The number of rotatable bonds is 6. The van der Waals surface area contributed by atoms with E-state index in [1.807, 2.05) is 42.7 Å². The summed E-state index contributed by atoms with van der Waals surface area (Å²) >= 11 is 0. The van der Waals surface area contributed by atoms with Gasteiger partial charge >= 0.3 is 6.18 Å². The first-order valence-electron chi connectivity index (χ1n) is 13.8. The molecule has 0 bridgehead atoms.